The molecule has 0 aliphatic rings. The summed E-state index contributed by atoms with van der Waals surface area (Å²) in [7, 11) is -3.82. The Morgan fingerprint density at radius 3 is 2.60 bits per heavy atom. The van der Waals surface area contributed by atoms with Crippen LogP contribution in [0.15, 0.2) is 17.0 Å². The van der Waals surface area contributed by atoms with Crippen LogP contribution < -0.4 is 10.5 Å². The van der Waals surface area contributed by atoms with Gasteiger partial charge in [0.1, 0.15) is 5.82 Å². The van der Waals surface area contributed by atoms with Crippen molar-refractivity contribution in [3.8, 4) is 0 Å². The minimum Gasteiger partial charge on any atom is -0.396 e. The number of aliphatic hydroxyl groups excluding tert-OH is 1. The van der Waals surface area contributed by atoms with Gasteiger partial charge in [0.05, 0.1) is 17.2 Å². The summed E-state index contributed by atoms with van der Waals surface area (Å²) >= 11 is 1.36. The fourth-order valence-corrected chi connectivity index (χ4v) is 4.04. The van der Waals surface area contributed by atoms with Gasteiger partial charge < -0.3 is 10.8 Å². The molecule has 0 radical (unpaired) electrons. The van der Waals surface area contributed by atoms with Gasteiger partial charge in [-0.2, -0.15) is 11.8 Å². The number of benzene rings is 1. The van der Waals surface area contributed by atoms with Crippen molar-refractivity contribution in [2.75, 3.05) is 18.6 Å². The molecule has 2 unspecified atom stereocenters. The van der Waals surface area contributed by atoms with Gasteiger partial charge in [-0.15, -0.1) is 0 Å². The van der Waals surface area contributed by atoms with Gasteiger partial charge in [0, 0.05) is 11.3 Å². The fourth-order valence-electron chi connectivity index (χ4n) is 1.78. The predicted molar refractivity (Wildman–Crippen MR) is 79.7 cm³/mol. The van der Waals surface area contributed by atoms with Crippen molar-refractivity contribution in [1.82, 2.24) is 4.72 Å². The molecule has 20 heavy (non-hydrogen) atoms. The monoisotopic (exact) mass is 322 g/mol. The van der Waals surface area contributed by atoms with Crippen LogP contribution in [-0.2, 0) is 10.0 Å². The molecule has 114 valence electrons. The van der Waals surface area contributed by atoms with Crippen LogP contribution in [0.1, 0.15) is 12.5 Å². The third-order valence-corrected chi connectivity index (χ3v) is 5.83. The number of anilines is 1. The fraction of sp³-hybridized carbons (Fsp3) is 0.500. The van der Waals surface area contributed by atoms with Gasteiger partial charge in [-0.1, -0.05) is 0 Å². The van der Waals surface area contributed by atoms with Crippen LogP contribution in [0.25, 0.3) is 0 Å². The molecule has 0 bridgehead atoms. The number of aryl methyl sites for hydroxylation is 1. The maximum Gasteiger partial charge on any atom is 0.241 e. The Hall–Kier alpha value is -0.830. The number of thioether (sulfide) groups is 1. The Morgan fingerprint density at radius 1 is 1.50 bits per heavy atom. The van der Waals surface area contributed by atoms with Gasteiger partial charge >= 0.3 is 0 Å². The van der Waals surface area contributed by atoms with Crippen molar-refractivity contribution in [2.24, 2.45) is 0 Å². The summed E-state index contributed by atoms with van der Waals surface area (Å²) in [5, 5.41) is 8.91. The third-order valence-electron chi connectivity index (χ3n) is 2.97. The molecule has 1 rings (SSSR count). The topological polar surface area (TPSA) is 92.4 Å². The lowest BCUT2D eigenvalue weighted by molar-refractivity contribution is 0.282. The van der Waals surface area contributed by atoms with Crippen LogP contribution >= 0.6 is 11.8 Å². The molecule has 1 aromatic carbocycles. The number of hydrogen-bond donors (Lipinski definition) is 3. The first kappa shape index (κ1) is 17.2. The van der Waals surface area contributed by atoms with Gasteiger partial charge in [0.15, 0.2) is 0 Å². The number of rotatable bonds is 6. The highest BCUT2D eigenvalue weighted by Crippen LogP contribution is 2.22. The molecule has 0 aromatic heterocycles. The van der Waals surface area contributed by atoms with E-state index < -0.39 is 21.9 Å². The number of nitrogens with one attached hydrogen (secondary N) is 1. The summed E-state index contributed by atoms with van der Waals surface area (Å²) in [6.45, 7) is 3.02. The van der Waals surface area contributed by atoms with E-state index in [0.717, 1.165) is 12.1 Å². The zero-order chi connectivity index (χ0) is 15.5. The highest BCUT2D eigenvalue weighted by molar-refractivity contribution is 7.99. The van der Waals surface area contributed by atoms with E-state index in [1.54, 1.807) is 13.2 Å². The maximum absolute atomic E-state index is 13.3. The summed E-state index contributed by atoms with van der Waals surface area (Å²) in [6, 6.07) is 1.73. The lowest BCUT2D eigenvalue weighted by atomic mass is 10.2. The number of halogens is 1. The molecule has 5 nitrogen and oxygen atoms in total. The Bertz CT molecular complexity index is 574. The Morgan fingerprint density at radius 2 is 2.10 bits per heavy atom. The van der Waals surface area contributed by atoms with E-state index in [1.807, 2.05) is 0 Å². The van der Waals surface area contributed by atoms with Crippen LogP contribution in [0.5, 0.6) is 0 Å². The highest BCUT2D eigenvalue weighted by atomic mass is 32.2. The second kappa shape index (κ2) is 6.75. The number of hydrogen-bond acceptors (Lipinski definition) is 5. The van der Waals surface area contributed by atoms with Crippen LogP contribution in [-0.4, -0.2) is 37.7 Å². The van der Waals surface area contributed by atoms with E-state index in [-0.39, 0.29) is 28.0 Å². The lowest BCUT2D eigenvalue weighted by Crippen LogP contribution is -2.41. The molecule has 0 saturated heterocycles. The van der Waals surface area contributed by atoms with Crippen molar-refractivity contribution in [2.45, 2.75) is 30.0 Å². The quantitative estimate of drug-likeness (QED) is 0.682. The summed E-state index contributed by atoms with van der Waals surface area (Å²) in [6.07, 6.45) is 1.78. The molecule has 0 heterocycles. The van der Waals surface area contributed by atoms with Gasteiger partial charge in [0.25, 0.3) is 0 Å². The van der Waals surface area contributed by atoms with Crippen LogP contribution in [0, 0.1) is 12.7 Å². The van der Waals surface area contributed by atoms with Crippen molar-refractivity contribution in [1.29, 1.82) is 0 Å². The number of nitrogen functional groups attached to an aromatic ring is 1. The summed E-state index contributed by atoms with van der Waals surface area (Å²) < 4.78 is 40.3. The normalized spacial score (nSPS) is 15.1. The van der Waals surface area contributed by atoms with Crippen LogP contribution in [0.3, 0.4) is 0 Å². The van der Waals surface area contributed by atoms with Crippen LogP contribution in [0.2, 0.25) is 0 Å². The SMILES string of the molecule is CSC(CO)C(C)NS(=O)(=O)c1cc(N)c(F)cc1C. The van der Waals surface area contributed by atoms with Crippen molar-refractivity contribution in [3.63, 3.8) is 0 Å². The van der Waals surface area contributed by atoms with Crippen molar-refractivity contribution < 1.29 is 17.9 Å². The van der Waals surface area contributed by atoms with Crippen LogP contribution in [0.4, 0.5) is 10.1 Å². The average molecular weight is 322 g/mol. The van der Waals surface area contributed by atoms with Crippen molar-refractivity contribution >= 4 is 27.5 Å². The zero-order valence-electron chi connectivity index (χ0n) is 11.6. The Balaban J connectivity index is 3.09. The minimum absolute atomic E-state index is 0.0546. The molecule has 8 heteroatoms. The first-order valence-corrected chi connectivity index (χ1v) is 8.71. The molecular weight excluding hydrogens is 303 g/mol. The number of aliphatic hydroxyl groups is 1. The number of sulfonamides is 1. The molecule has 0 fully saturated rings. The van der Waals surface area contributed by atoms with E-state index in [9.17, 15) is 17.9 Å². The Kier molecular flexibility index (Phi) is 5.81. The summed E-state index contributed by atoms with van der Waals surface area (Å²) in [4.78, 5) is -0.0546. The molecule has 0 amide bonds. The van der Waals surface area contributed by atoms with Gasteiger partial charge in [-0.3, -0.25) is 0 Å². The molecule has 1 aromatic rings. The highest BCUT2D eigenvalue weighted by Gasteiger charge is 2.25. The molecule has 4 N–H and O–H groups in total. The zero-order valence-corrected chi connectivity index (χ0v) is 13.2. The van der Waals surface area contributed by atoms with Gasteiger partial charge in [-0.25, -0.2) is 17.5 Å². The first-order valence-electron chi connectivity index (χ1n) is 5.94. The standard InChI is InChI=1S/C12H19FN2O3S2/c1-7-4-9(13)10(14)5-12(7)20(17,18)15-8(2)11(6-16)19-3/h4-5,8,11,15-16H,6,14H2,1-3H3. The van der Waals surface area contributed by atoms with E-state index >= 15 is 0 Å². The second-order valence-electron chi connectivity index (χ2n) is 4.51. The van der Waals surface area contributed by atoms with Gasteiger partial charge in [-0.05, 0) is 37.8 Å². The van der Waals surface area contributed by atoms with E-state index in [0.29, 0.717) is 0 Å². The molecule has 0 spiro atoms. The predicted octanol–water partition coefficient (Wildman–Crippen LogP) is 1.11. The molecule has 0 saturated carbocycles. The smallest absolute Gasteiger partial charge is 0.241 e. The number of nitrogens with two attached hydrogens (primary N) is 1. The minimum atomic E-state index is -3.82. The lowest BCUT2D eigenvalue weighted by Gasteiger charge is -2.21. The van der Waals surface area contributed by atoms with Gasteiger partial charge in [0.2, 0.25) is 10.0 Å². The molecular formula is C12H19FN2O3S2. The molecule has 2 atom stereocenters. The molecule has 0 aliphatic heterocycles. The van der Waals surface area contributed by atoms with Crippen molar-refractivity contribution in [3.05, 3.63) is 23.5 Å². The summed E-state index contributed by atoms with van der Waals surface area (Å²) in [5.41, 5.74) is 5.48. The third kappa shape index (κ3) is 3.85. The first-order chi connectivity index (χ1) is 9.22. The Labute approximate surface area is 122 Å². The summed E-state index contributed by atoms with van der Waals surface area (Å²) in [5.74, 6) is -0.646. The van der Waals surface area contributed by atoms with E-state index in [1.165, 1.54) is 18.7 Å². The average Bonchev–Trinajstić information content (AvgIpc) is 2.34. The largest absolute Gasteiger partial charge is 0.396 e. The van der Waals surface area contributed by atoms with E-state index in [2.05, 4.69) is 4.72 Å². The molecule has 0 aliphatic carbocycles. The van der Waals surface area contributed by atoms with E-state index in [4.69, 9.17) is 5.73 Å². The second-order valence-corrected chi connectivity index (χ2v) is 7.27. The maximum atomic E-state index is 13.3.